The molecule has 2 rings (SSSR count). The molecule has 0 bridgehead atoms. The number of rotatable bonds is 2. The van der Waals surface area contributed by atoms with Crippen molar-refractivity contribution < 1.29 is 0 Å². The van der Waals surface area contributed by atoms with Crippen LogP contribution in [0.3, 0.4) is 0 Å². The minimum absolute atomic E-state index is 0.524. The van der Waals surface area contributed by atoms with Crippen LogP contribution in [0.1, 0.15) is 18.3 Å². The van der Waals surface area contributed by atoms with Gasteiger partial charge in [-0.05, 0) is 19.4 Å². The first-order chi connectivity index (χ1) is 8.13. The predicted octanol–water partition coefficient (Wildman–Crippen LogP) is 4.32. The molecule has 2 nitrogen and oxygen atoms in total. The van der Waals surface area contributed by atoms with Crippen molar-refractivity contribution in [3.05, 3.63) is 45.8 Å². The summed E-state index contributed by atoms with van der Waals surface area (Å²) in [5.74, 6) is 0. The Labute approximate surface area is 111 Å². The molecular formula is C13H12Cl2N2. The van der Waals surface area contributed by atoms with Crippen LogP contribution in [0.4, 0.5) is 0 Å². The third kappa shape index (κ3) is 2.43. The second kappa shape index (κ2) is 5.03. The van der Waals surface area contributed by atoms with Crippen molar-refractivity contribution in [3.8, 4) is 11.3 Å². The molecule has 88 valence electrons. The molecule has 0 saturated heterocycles. The summed E-state index contributed by atoms with van der Waals surface area (Å²) in [5.41, 5.74) is 3.46. The molecule has 0 unspecified atom stereocenters. The Balaban J connectivity index is 2.57. The van der Waals surface area contributed by atoms with Gasteiger partial charge in [0.2, 0.25) is 0 Å². The van der Waals surface area contributed by atoms with E-state index in [2.05, 4.69) is 16.9 Å². The van der Waals surface area contributed by atoms with Gasteiger partial charge in [-0.15, -0.1) is 0 Å². The molecule has 2 aromatic rings. The van der Waals surface area contributed by atoms with Crippen molar-refractivity contribution in [1.29, 1.82) is 0 Å². The number of hydrogen-bond acceptors (Lipinski definition) is 2. The average molecular weight is 267 g/mol. The molecule has 4 heteroatoms. The number of nitrogens with zero attached hydrogens (tertiary/aromatic N) is 2. The van der Waals surface area contributed by atoms with Crippen molar-refractivity contribution in [2.75, 3.05) is 0 Å². The van der Waals surface area contributed by atoms with E-state index in [4.69, 9.17) is 23.2 Å². The topological polar surface area (TPSA) is 25.8 Å². The Kier molecular flexibility index (Phi) is 3.65. The maximum absolute atomic E-state index is 6.17. The van der Waals surface area contributed by atoms with E-state index in [0.717, 1.165) is 29.1 Å². The molecule has 0 radical (unpaired) electrons. The molecule has 0 saturated carbocycles. The third-order valence-corrected chi connectivity index (χ3v) is 3.38. The van der Waals surface area contributed by atoms with Gasteiger partial charge in [0.15, 0.2) is 0 Å². The van der Waals surface area contributed by atoms with Gasteiger partial charge in [-0.25, -0.2) is 0 Å². The second-order valence-corrected chi connectivity index (χ2v) is 4.54. The Bertz CT molecular complexity index is 553. The Morgan fingerprint density at radius 3 is 2.65 bits per heavy atom. The first kappa shape index (κ1) is 12.3. The molecule has 1 aromatic carbocycles. The number of hydrogen-bond donors (Lipinski definition) is 0. The number of aromatic nitrogens is 2. The molecule has 0 N–H and O–H groups in total. The lowest BCUT2D eigenvalue weighted by Gasteiger charge is -2.08. The van der Waals surface area contributed by atoms with Gasteiger partial charge < -0.3 is 0 Å². The fourth-order valence-electron chi connectivity index (χ4n) is 1.65. The molecule has 17 heavy (non-hydrogen) atoms. The van der Waals surface area contributed by atoms with Gasteiger partial charge in [0, 0.05) is 11.8 Å². The van der Waals surface area contributed by atoms with E-state index >= 15 is 0 Å². The molecule has 0 aliphatic rings. The summed E-state index contributed by atoms with van der Waals surface area (Å²) in [7, 11) is 0. The molecule has 1 heterocycles. The molecule has 0 amide bonds. The van der Waals surface area contributed by atoms with Crippen LogP contribution in [-0.4, -0.2) is 9.97 Å². The van der Waals surface area contributed by atoms with E-state index in [1.165, 1.54) is 0 Å². The van der Waals surface area contributed by atoms with Crippen molar-refractivity contribution >= 4 is 23.2 Å². The summed E-state index contributed by atoms with van der Waals surface area (Å²) in [6, 6.07) is 5.52. The smallest absolute Gasteiger partial charge is 0.0930 e. The SMILES string of the molecule is CCc1cnc(-c2cccc(Cl)c2Cl)c(C)n1. The molecule has 0 atom stereocenters. The van der Waals surface area contributed by atoms with E-state index in [0.29, 0.717) is 10.0 Å². The third-order valence-electron chi connectivity index (χ3n) is 2.57. The number of benzene rings is 1. The lowest BCUT2D eigenvalue weighted by atomic mass is 10.1. The van der Waals surface area contributed by atoms with E-state index in [-0.39, 0.29) is 0 Å². The first-order valence-corrected chi connectivity index (χ1v) is 6.16. The first-order valence-electron chi connectivity index (χ1n) is 5.40. The van der Waals surface area contributed by atoms with Crippen LogP contribution in [-0.2, 0) is 6.42 Å². The zero-order valence-corrected chi connectivity index (χ0v) is 11.2. The summed E-state index contributed by atoms with van der Waals surface area (Å²) in [4.78, 5) is 8.89. The van der Waals surface area contributed by atoms with E-state index in [9.17, 15) is 0 Å². The summed E-state index contributed by atoms with van der Waals surface area (Å²) in [5, 5.41) is 1.06. The van der Waals surface area contributed by atoms with Crippen LogP contribution < -0.4 is 0 Å². The van der Waals surface area contributed by atoms with Crippen LogP contribution in [0.2, 0.25) is 10.0 Å². The van der Waals surface area contributed by atoms with Crippen LogP contribution in [0.5, 0.6) is 0 Å². The van der Waals surface area contributed by atoms with Crippen LogP contribution in [0, 0.1) is 6.92 Å². The van der Waals surface area contributed by atoms with Crippen LogP contribution in [0.25, 0.3) is 11.3 Å². The molecule has 0 aliphatic heterocycles. The van der Waals surface area contributed by atoms with E-state index in [1.807, 2.05) is 19.1 Å². The summed E-state index contributed by atoms with van der Waals surface area (Å²) >= 11 is 12.2. The van der Waals surface area contributed by atoms with Gasteiger partial charge in [-0.3, -0.25) is 9.97 Å². The second-order valence-electron chi connectivity index (χ2n) is 3.75. The van der Waals surface area contributed by atoms with Crippen molar-refractivity contribution in [1.82, 2.24) is 9.97 Å². The molecule has 0 spiro atoms. The van der Waals surface area contributed by atoms with E-state index < -0.39 is 0 Å². The molecular weight excluding hydrogens is 255 g/mol. The van der Waals surface area contributed by atoms with Gasteiger partial charge in [-0.2, -0.15) is 0 Å². The molecule has 0 fully saturated rings. The minimum Gasteiger partial charge on any atom is -0.254 e. The van der Waals surface area contributed by atoms with Crippen molar-refractivity contribution in [2.45, 2.75) is 20.3 Å². The Morgan fingerprint density at radius 2 is 2.00 bits per heavy atom. The zero-order chi connectivity index (χ0) is 12.4. The fourth-order valence-corrected chi connectivity index (χ4v) is 2.04. The van der Waals surface area contributed by atoms with Crippen molar-refractivity contribution in [2.24, 2.45) is 0 Å². The Hall–Kier alpha value is -1.12. The maximum Gasteiger partial charge on any atom is 0.0930 e. The van der Waals surface area contributed by atoms with Gasteiger partial charge in [0.1, 0.15) is 0 Å². The largest absolute Gasteiger partial charge is 0.254 e. The Morgan fingerprint density at radius 1 is 1.24 bits per heavy atom. The lowest BCUT2D eigenvalue weighted by Crippen LogP contribution is -1.97. The van der Waals surface area contributed by atoms with Crippen LogP contribution >= 0.6 is 23.2 Å². The predicted molar refractivity (Wildman–Crippen MR) is 71.6 cm³/mol. The molecule has 0 aliphatic carbocycles. The minimum atomic E-state index is 0.524. The van der Waals surface area contributed by atoms with Gasteiger partial charge in [-0.1, -0.05) is 42.3 Å². The highest BCUT2D eigenvalue weighted by Crippen LogP contribution is 2.33. The summed E-state index contributed by atoms with van der Waals surface area (Å²) in [6.45, 7) is 3.98. The normalized spacial score (nSPS) is 10.6. The highest BCUT2D eigenvalue weighted by atomic mass is 35.5. The highest BCUT2D eigenvalue weighted by molar-refractivity contribution is 6.43. The summed E-state index contributed by atoms with van der Waals surface area (Å²) < 4.78 is 0. The zero-order valence-electron chi connectivity index (χ0n) is 9.67. The maximum atomic E-state index is 6.17. The van der Waals surface area contributed by atoms with E-state index in [1.54, 1.807) is 12.3 Å². The number of aryl methyl sites for hydroxylation is 2. The summed E-state index contributed by atoms with van der Waals surface area (Å²) in [6.07, 6.45) is 2.65. The monoisotopic (exact) mass is 266 g/mol. The molecule has 1 aromatic heterocycles. The lowest BCUT2D eigenvalue weighted by molar-refractivity contribution is 0.972. The standard InChI is InChI=1S/C13H12Cl2N2/c1-3-9-7-16-13(8(2)17-9)10-5-4-6-11(14)12(10)15/h4-7H,3H2,1-2H3. The van der Waals surface area contributed by atoms with Gasteiger partial charge in [0.25, 0.3) is 0 Å². The fraction of sp³-hybridized carbons (Fsp3) is 0.231. The number of halogens is 2. The highest BCUT2D eigenvalue weighted by Gasteiger charge is 2.11. The van der Waals surface area contributed by atoms with Crippen molar-refractivity contribution in [3.63, 3.8) is 0 Å². The average Bonchev–Trinajstić information content (AvgIpc) is 2.33. The quantitative estimate of drug-likeness (QED) is 0.809. The van der Waals surface area contributed by atoms with Gasteiger partial charge in [0.05, 0.1) is 27.1 Å². The van der Waals surface area contributed by atoms with Gasteiger partial charge >= 0.3 is 0 Å². The van der Waals surface area contributed by atoms with Crippen LogP contribution in [0.15, 0.2) is 24.4 Å².